The van der Waals surface area contributed by atoms with Gasteiger partial charge in [-0.3, -0.25) is 0 Å². The van der Waals surface area contributed by atoms with Crippen LogP contribution in [0.25, 0.3) is 0 Å². The number of hydrogen-bond donors (Lipinski definition) is 1. The van der Waals surface area contributed by atoms with Crippen LogP contribution < -0.4 is 169 Å². The van der Waals surface area contributed by atoms with Gasteiger partial charge in [0.05, 0.1) is 6.61 Å². The largest absolute Gasteiger partial charge is 1.00 e. The average Bonchev–Trinajstić information content (AvgIpc) is 1.84. The van der Waals surface area contributed by atoms with E-state index in [0.717, 1.165) is 0 Å². The summed E-state index contributed by atoms with van der Waals surface area (Å²) >= 11 is 0. The average molecular weight is 334 g/mol. The van der Waals surface area contributed by atoms with E-state index < -0.39 is 20.8 Å². The number of rotatable bonds is 4. The van der Waals surface area contributed by atoms with Crippen LogP contribution in [-0.2, 0) is 13.7 Å². The fourth-order valence-electron chi connectivity index (χ4n) is 0.420. The van der Waals surface area contributed by atoms with Crippen LogP contribution in [0.2, 0.25) is 0 Å². The van der Waals surface area contributed by atoms with Crippen LogP contribution in [0.1, 0.15) is 6.92 Å². The Morgan fingerprint density at radius 2 is 1.53 bits per heavy atom. The van der Waals surface area contributed by atoms with Gasteiger partial charge < -0.3 is 33.4 Å². The molecule has 0 heterocycles. The molecule has 12 heteroatoms. The minimum absolute atomic E-state index is 0. The molecule has 0 aromatic rings. The number of aliphatic hydroxyl groups is 1. The maximum absolute atomic E-state index is 10.6. The number of hydrogen-bond acceptors (Lipinski definition) is 7. The maximum atomic E-state index is 10.6. The van der Waals surface area contributed by atoms with E-state index in [1.165, 1.54) is 6.92 Å². The minimum Gasteiger partial charge on any atom is -0.809 e. The SMILES string of the molecule is CCOP(=O)([O-])C(O)P(=O)([O-])[O-].[K+].[K+].[K+]. The molecule has 0 aliphatic carbocycles. The summed E-state index contributed by atoms with van der Waals surface area (Å²) < 4.78 is 24.5. The fraction of sp³-hybridized carbons (Fsp3) is 1.00. The van der Waals surface area contributed by atoms with Gasteiger partial charge in [0.15, 0.2) is 7.60 Å². The van der Waals surface area contributed by atoms with Gasteiger partial charge >= 0.3 is 154 Å². The molecule has 0 saturated heterocycles. The van der Waals surface area contributed by atoms with Gasteiger partial charge in [-0.2, -0.15) is 0 Å². The van der Waals surface area contributed by atoms with Crippen LogP contribution in [0.5, 0.6) is 0 Å². The molecule has 0 fully saturated rings. The third-order valence-corrected chi connectivity index (χ3v) is 4.32. The molecule has 0 aliphatic heterocycles. The van der Waals surface area contributed by atoms with Crippen molar-refractivity contribution in [1.29, 1.82) is 0 Å². The van der Waals surface area contributed by atoms with E-state index in [4.69, 9.17) is 5.11 Å². The van der Waals surface area contributed by atoms with Crippen LogP contribution in [0.3, 0.4) is 0 Å². The summed E-state index contributed by atoms with van der Waals surface area (Å²) in [5.41, 5.74) is -3.00. The second kappa shape index (κ2) is 12.9. The Balaban J connectivity index is -0.000000202. The second-order valence-electron chi connectivity index (χ2n) is 1.84. The molecule has 0 bridgehead atoms. The molecule has 0 radical (unpaired) electrons. The van der Waals surface area contributed by atoms with Crippen molar-refractivity contribution >= 4 is 15.2 Å². The van der Waals surface area contributed by atoms with E-state index in [2.05, 4.69) is 4.52 Å². The zero-order chi connectivity index (χ0) is 9.99. The van der Waals surface area contributed by atoms with Crippen LogP contribution in [-0.4, -0.2) is 17.3 Å². The molecule has 0 saturated carbocycles. The third kappa shape index (κ3) is 12.6. The van der Waals surface area contributed by atoms with E-state index in [9.17, 15) is 23.8 Å². The minimum atomic E-state index is -5.55. The Bertz CT molecular complexity index is 242. The van der Waals surface area contributed by atoms with Gasteiger partial charge in [0, 0.05) is 0 Å². The number of aliphatic hydroxyl groups excluding tert-OH is 1. The van der Waals surface area contributed by atoms with Crippen LogP contribution in [0.4, 0.5) is 0 Å². The first kappa shape index (κ1) is 28.3. The summed E-state index contributed by atoms with van der Waals surface area (Å²) in [5, 5.41) is 8.46. The topological polar surface area (TPSA) is 133 Å². The molecule has 7 nitrogen and oxygen atoms in total. The summed E-state index contributed by atoms with van der Waals surface area (Å²) in [7, 11) is -10.5. The van der Waals surface area contributed by atoms with Gasteiger partial charge in [-0.15, -0.1) is 0 Å². The van der Waals surface area contributed by atoms with Gasteiger partial charge in [0.2, 0.25) is 0 Å². The van der Waals surface area contributed by atoms with Crippen molar-refractivity contribution < 1.29 is 188 Å². The first-order chi connectivity index (χ1) is 5.22. The molecule has 0 rings (SSSR count). The van der Waals surface area contributed by atoms with Crippen LogP contribution >= 0.6 is 15.2 Å². The van der Waals surface area contributed by atoms with Gasteiger partial charge in [-0.1, -0.05) is 0 Å². The van der Waals surface area contributed by atoms with Crippen molar-refractivity contribution in [3.8, 4) is 0 Å². The Labute approximate surface area is 215 Å². The Morgan fingerprint density at radius 3 is 1.73 bits per heavy atom. The smallest absolute Gasteiger partial charge is 0.809 e. The molecular weight excluding hydrogens is 327 g/mol. The normalized spacial score (nSPS) is 16.1. The Hall–Kier alpha value is 5.17. The van der Waals surface area contributed by atoms with E-state index in [1.54, 1.807) is 0 Å². The molecule has 2 atom stereocenters. The van der Waals surface area contributed by atoms with Crippen LogP contribution in [0.15, 0.2) is 0 Å². The molecule has 0 aromatic heterocycles. The monoisotopic (exact) mass is 334 g/mol. The van der Waals surface area contributed by atoms with Crippen LogP contribution in [0, 0.1) is 0 Å². The quantitative estimate of drug-likeness (QED) is 0.399. The van der Waals surface area contributed by atoms with E-state index in [1.807, 2.05) is 0 Å². The first-order valence-corrected chi connectivity index (χ1v) is 6.09. The third-order valence-electron chi connectivity index (χ3n) is 0.875. The van der Waals surface area contributed by atoms with Gasteiger partial charge in [-0.05, 0) is 14.5 Å². The van der Waals surface area contributed by atoms with Crippen molar-refractivity contribution in [1.82, 2.24) is 0 Å². The predicted molar refractivity (Wildman–Crippen MR) is 32.8 cm³/mol. The van der Waals surface area contributed by atoms with E-state index in [-0.39, 0.29) is 161 Å². The Kier molecular flexibility index (Phi) is 24.3. The standard InChI is InChI=1S/C3H10O7P2.3K/c1-2-10-12(8,9)3(4)11(5,6)7;;;/h3-4H,2H2,1H3,(H,8,9)(H2,5,6,7);;;/q;3*+1/p-3. The molecule has 15 heavy (non-hydrogen) atoms. The molecule has 74 valence electrons. The summed E-state index contributed by atoms with van der Waals surface area (Å²) in [6.07, 6.45) is 0. The zero-order valence-electron chi connectivity index (χ0n) is 9.08. The molecule has 0 aromatic carbocycles. The molecule has 0 aliphatic rings. The van der Waals surface area contributed by atoms with Gasteiger partial charge in [0.1, 0.15) is 5.59 Å². The molecule has 2 unspecified atom stereocenters. The van der Waals surface area contributed by atoms with Crippen molar-refractivity contribution in [2.45, 2.75) is 12.5 Å². The summed E-state index contributed by atoms with van der Waals surface area (Å²) in [6.45, 7) is 0.940. The van der Waals surface area contributed by atoms with Crippen molar-refractivity contribution in [2.75, 3.05) is 6.61 Å². The molecule has 1 N–H and O–H groups in total. The van der Waals surface area contributed by atoms with Crippen molar-refractivity contribution in [3.63, 3.8) is 0 Å². The maximum Gasteiger partial charge on any atom is 1.00 e. The van der Waals surface area contributed by atoms with Crippen molar-refractivity contribution in [2.24, 2.45) is 0 Å². The Morgan fingerprint density at radius 1 is 1.20 bits per heavy atom. The predicted octanol–water partition coefficient (Wildman–Crippen LogP) is -11.2. The van der Waals surface area contributed by atoms with E-state index in [0.29, 0.717) is 0 Å². The second-order valence-corrected chi connectivity index (χ2v) is 5.65. The van der Waals surface area contributed by atoms with Gasteiger partial charge in [0.25, 0.3) is 0 Å². The summed E-state index contributed by atoms with van der Waals surface area (Å²) in [6, 6.07) is 0. The molecular formula is C3H7K3O7P2. The van der Waals surface area contributed by atoms with Crippen molar-refractivity contribution in [3.05, 3.63) is 0 Å². The van der Waals surface area contributed by atoms with E-state index >= 15 is 0 Å². The fourth-order valence-corrected chi connectivity index (χ4v) is 2.50. The first-order valence-electron chi connectivity index (χ1n) is 2.87. The van der Waals surface area contributed by atoms with Gasteiger partial charge in [-0.25, -0.2) is 0 Å². The summed E-state index contributed by atoms with van der Waals surface area (Å²) in [5.74, 6) is 0. The molecule has 0 spiro atoms. The summed E-state index contributed by atoms with van der Waals surface area (Å²) in [4.78, 5) is 30.6. The molecule has 0 amide bonds. The zero-order valence-corrected chi connectivity index (χ0v) is 20.2.